The standard InChI is InChI=1S/C48H30N2/c1-2-8-34(9-3-1)45-28-25-36-22-23-37-26-29-46(50-48(37)47(36)49-45)35-20-18-32(19-21-35)31-14-16-33(17-15-31)38-24-27-43-41-12-5-4-10-39(41)40-11-6-7-13-42(40)44(43)30-38/h1-30H. The molecule has 2 aromatic heterocycles. The van der Waals surface area contributed by atoms with Crippen molar-refractivity contribution in [1.29, 1.82) is 0 Å². The fraction of sp³-hybridized carbons (Fsp3) is 0. The van der Waals surface area contributed by atoms with E-state index in [9.17, 15) is 0 Å². The van der Waals surface area contributed by atoms with Gasteiger partial charge in [0.15, 0.2) is 0 Å². The summed E-state index contributed by atoms with van der Waals surface area (Å²) in [5.74, 6) is 0. The quantitative estimate of drug-likeness (QED) is 0.180. The van der Waals surface area contributed by atoms with E-state index in [2.05, 4.69) is 164 Å². The van der Waals surface area contributed by atoms with Crippen molar-refractivity contribution in [3.63, 3.8) is 0 Å². The van der Waals surface area contributed by atoms with Crippen LogP contribution in [0.4, 0.5) is 0 Å². The monoisotopic (exact) mass is 634 g/mol. The Morgan fingerprint density at radius 2 is 0.600 bits per heavy atom. The summed E-state index contributed by atoms with van der Waals surface area (Å²) in [7, 11) is 0. The lowest BCUT2D eigenvalue weighted by Crippen LogP contribution is -1.91. The summed E-state index contributed by atoms with van der Waals surface area (Å²) in [5, 5.41) is 9.96. The summed E-state index contributed by atoms with van der Waals surface area (Å²) in [6, 6.07) is 65.1. The number of pyridine rings is 2. The zero-order chi connectivity index (χ0) is 33.0. The molecule has 0 saturated heterocycles. The molecule has 10 aromatic rings. The van der Waals surface area contributed by atoms with Crippen molar-refractivity contribution in [2.24, 2.45) is 0 Å². The largest absolute Gasteiger partial charge is 0.245 e. The van der Waals surface area contributed by atoms with Crippen LogP contribution in [0.2, 0.25) is 0 Å². The molecule has 0 saturated carbocycles. The molecule has 0 radical (unpaired) electrons. The van der Waals surface area contributed by atoms with Crippen LogP contribution in [0.25, 0.3) is 98.9 Å². The van der Waals surface area contributed by atoms with Crippen LogP contribution in [-0.4, -0.2) is 9.97 Å². The second kappa shape index (κ2) is 11.5. The fourth-order valence-corrected chi connectivity index (χ4v) is 7.47. The van der Waals surface area contributed by atoms with E-state index in [-0.39, 0.29) is 0 Å². The Kier molecular flexibility index (Phi) is 6.53. The number of nitrogens with zero attached hydrogens (tertiary/aromatic N) is 2. The van der Waals surface area contributed by atoms with E-state index in [1.165, 1.54) is 54.6 Å². The molecule has 0 bridgehead atoms. The van der Waals surface area contributed by atoms with Crippen LogP contribution in [0.15, 0.2) is 182 Å². The van der Waals surface area contributed by atoms with Crippen molar-refractivity contribution in [3.8, 4) is 44.8 Å². The molecular weight excluding hydrogens is 605 g/mol. The maximum Gasteiger partial charge on any atom is 0.0972 e. The van der Waals surface area contributed by atoms with Crippen LogP contribution < -0.4 is 0 Å². The molecule has 0 aliphatic rings. The van der Waals surface area contributed by atoms with Crippen molar-refractivity contribution in [2.45, 2.75) is 0 Å². The van der Waals surface area contributed by atoms with Crippen molar-refractivity contribution in [3.05, 3.63) is 182 Å². The lowest BCUT2D eigenvalue weighted by atomic mass is 9.92. The molecule has 0 atom stereocenters. The van der Waals surface area contributed by atoms with Gasteiger partial charge in [-0.2, -0.15) is 0 Å². The van der Waals surface area contributed by atoms with Gasteiger partial charge in [0, 0.05) is 21.9 Å². The first-order valence-corrected chi connectivity index (χ1v) is 17.1. The molecule has 2 heteroatoms. The maximum atomic E-state index is 5.15. The smallest absolute Gasteiger partial charge is 0.0972 e. The van der Waals surface area contributed by atoms with E-state index in [0.717, 1.165) is 44.3 Å². The highest BCUT2D eigenvalue weighted by Crippen LogP contribution is 2.37. The second-order valence-corrected chi connectivity index (χ2v) is 13.0. The van der Waals surface area contributed by atoms with Gasteiger partial charge in [-0.15, -0.1) is 0 Å². The summed E-state index contributed by atoms with van der Waals surface area (Å²) < 4.78 is 0. The minimum atomic E-state index is 0.923. The summed E-state index contributed by atoms with van der Waals surface area (Å²) in [6.07, 6.45) is 0. The molecule has 8 aromatic carbocycles. The molecule has 0 aliphatic carbocycles. The Hall–Kier alpha value is -6.64. The molecule has 10 rings (SSSR count). The third-order valence-electron chi connectivity index (χ3n) is 10.1. The molecule has 0 fully saturated rings. The predicted octanol–water partition coefficient (Wildman–Crippen LogP) is 12.9. The SMILES string of the molecule is c1ccc(-c2ccc3ccc4ccc(-c5ccc(-c6ccc(-c7ccc8c9ccccc9c9ccccc9c8c7)cc6)cc5)nc4c3n2)cc1. The van der Waals surface area contributed by atoms with Crippen LogP contribution in [-0.2, 0) is 0 Å². The Balaban J connectivity index is 0.970. The highest BCUT2D eigenvalue weighted by atomic mass is 14.8. The lowest BCUT2D eigenvalue weighted by Gasteiger charge is -2.12. The van der Waals surface area contributed by atoms with E-state index >= 15 is 0 Å². The third kappa shape index (κ3) is 4.73. The molecule has 50 heavy (non-hydrogen) atoms. The first kappa shape index (κ1) is 28.4. The maximum absolute atomic E-state index is 5.15. The third-order valence-corrected chi connectivity index (χ3v) is 10.1. The van der Waals surface area contributed by atoms with E-state index in [1.54, 1.807) is 0 Å². The van der Waals surface area contributed by atoms with Gasteiger partial charge in [-0.1, -0.05) is 164 Å². The lowest BCUT2D eigenvalue weighted by molar-refractivity contribution is 1.36. The number of hydrogen-bond donors (Lipinski definition) is 0. The Bertz CT molecular complexity index is 2860. The number of rotatable bonds is 4. The molecule has 0 amide bonds. The van der Waals surface area contributed by atoms with Crippen LogP contribution >= 0.6 is 0 Å². The molecule has 232 valence electrons. The Morgan fingerprint density at radius 3 is 1.12 bits per heavy atom. The van der Waals surface area contributed by atoms with Gasteiger partial charge in [0.1, 0.15) is 0 Å². The number of aromatic nitrogens is 2. The van der Waals surface area contributed by atoms with Gasteiger partial charge in [-0.05, 0) is 72.8 Å². The molecule has 0 N–H and O–H groups in total. The van der Waals surface area contributed by atoms with Gasteiger partial charge >= 0.3 is 0 Å². The van der Waals surface area contributed by atoms with Gasteiger partial charge in [-0.3, -0.25) is 0 Å². The van der Waals surface area contributed by atoms with E-state index in [1.807, 2.05) is 18.2 Å². The van der Waals surface area contributed by atoms with E-state index in [0.29, 0.717) is 0 Å². The minimum absolute atomic E-state index is 0.923. The highest BCUT2D eigenvalue weighted by Gasteiger charge is 2.11. The first-order valence-electron chi connectivity index (χ1n) is 17.1. The van der Waals surface area contributed by atoms with E-state index in [4.69, 9.17) is 9.97 Å². The molecule has 0 aliphatic heterocycles. The molecule has 2 nitrogen and oxygen atoms in total. The van der Waals surface area contributed by atoms with Crippen molar-refractivity contribution in [2.75, 3.05) is 0 Å². The van der Waals surface area contributed by atoms with Crippen LogP contribution in [0.3, 0.4) is 0 Å². The summed E-state index contributed by atoms with van der Waals surface area (Å²) in [6.45, 7) is 0. The normalized spacial score (nSPS) is 11.6. The number of hydrogen-bond acceptors (Lipinski definition) is 2. The average Bonchev–Trinajstić information content (AvgIpc) is 3.21. The highest BCUT2D eigenvalue weighted by molar-refractivity contribution is 6.25. The fourth-order valence-electron chi connectivity index (χ4n) is 7.47. The van der Waals surface area contributed by atoms with Crippen molar-refractivity contribution < 1.29 is 0 Å². The van der Waals surface area contributed by atoms with Gasteiger partial charge in [0.2, 0.25) is 0 Å². The summed E-state index contributed by atoms with van der Waals surface area (Å²) >= 11 is 0. The number of benzene rings is 8. The topological polar surface area (TPSA) is 25.8 Å². The van der Waals surface area contributed by atoms with Crippen LogP contribution in [0, 0.1) is 0 Å². The Morgan fingerprint density at radius 1 is 0.240 bits per heavy atom. The van der Waals surface area contributed by atoms with Crippen molar-refractivity contribution in [1.82, 2.24) is 9.97 Å². The summed E-state index contributed by atoms with van der Waals surface area (Å²) in [4.78, 5) is 10.2. The molecule has 0 spiro atoms. The van der Waals surface area contributed by atoms with Crippen LogP contribution in [0.5, 0.6) is 0 Å². The molecular formula is C48H30N2. The molecule has 0 unspecified atom stereocenters. The number of fused-ring (bicyclic) bond motifs is 9. The zero-order valence-corrected chi connectivity index (χ0v) is 27.2. The predicted molar refractivity (Wildman–Crippen MR) is 211 cm³/mol. The van der Waals surface area contributed by atoms with Gasteiger partial charge in [0.05, 0.1) is 22.4 Å². The minimum Gasteiger partial charge on any atom is -0.245 e. The van der Waals surface area contributed by atoms with Gasteiger partial charge < -0.3 is 0 Å². The Labute approximate surface area is 290 Å². The zero-order valence-electron chi connectivity index (χ0n) is 27.2. The van der Waals surface area contributed by atoms with E-state index < -0.39 is 0 Å². The van der Waals surface area contributed by atoms with Gasteiger partial charge in [0.25, 0.3) is 0 Å². The summed E-state index contributed by atoms with van der Waals surface area (Å²) in [5.41, 5.74) is 10.7. The van der Waals surface area contributed by atoms with Crippen LogP contribution in [0.1, 0.15) is 0 Å². The first-order chi connectivity index (χ1) is 24.8. The molecule has 2 heterocycles. The second-order valence-electron chi connectivity index (χ2n) is 13.0. The van der Waals surface area contributed by atoms with Crippen molar-refractivity contribution >= 4 is 54.1 Å². The average molecular weight is 635 g/mol. The van der Waals surface area contributed by atoms with Gasteiger partial charge in [-0.25, -0.2) is 9.97 Å².